The van der Waals surface area contributed by atoms with Crippen molar-refractivity contribution in [3.63, 3.8) is 0 Å². The fraction of sp³-hybridized carbons (Fsp3) is 0.333. The highest BCUT2D eigenvalue weighted by Crippen LogP contribution is 2.36. The number of hydrogen-bond acceptors (Lipinski definition) is 4. The highest BCUT2D eigenvalue weighted by atomic mass is 16.2. The number of nitrogens with one attached hydrogen (secondary N) is 2. The van der Waals surface area contributed by atoms with Crippen molar-refractivity contribution in [2.75, 3.05) is 5.32 Å². The maximum absolute atomic E-state index is 12.2. The van der Waals surface area contributed by atoms with Crippen LogP contribution in [-0.2, 0) is 6.42 Å². The van der Waals surface area contributed by atoms with Crippen molar-refractivity contribution in [2.24, 2.45) is 0 Å². The molecule has 1 aliphatic rings. The summed E-state index contributed by atoms with van der Waals surface area (Å²) in [6.07, 6.45) is 4.08. The molecule has 0 bridgehead atoms. The van der Waals surface area contributed by atoms with E-state index in [9.17, 15) is 4.79 Å². The fourth-order valence-corrected chi connectivity index (χ4v) is 3.14. The Morgan fingerprint density at radius 3 is 2.61 bits per heavy atom. The Balaban J connectivity index is 1.29. The van der Waals surface area contributed by atoms with Gasteiger partial charge in [0.2, 0.25) is 0 Å². The van der Waals surface area contributed by atoms with E-state index in [-0.39, 0.29) is 12.1 Å². The number of amides is 2. The maximum atomic E-state index is 12.2. The summed E-state index contributed by atoms with van der Waals surface area (Å²) in [5, 5.41) is 17.9. The summed E-state index contributed by atoms with van der Waals surface area (Å²) < 4.78 is 1.88. The quantitative estimate of drug-likeness (QED) is 0.656. The van der Waals surface area contributed by atoms with E-state index < -0.39 is 0 Å². The van der Waals surface area contributed by atoms with E-state index in [0.717, 1.165) is 42.8 Å². The van der Waals surface area contributed by atoms with Crippen LogP contribution < -0.4 is 10.6 Å². The Morgan fingerprint density at radius 1 is 1.14 bits per heavy atom. The van der Waals surface area contributed by atoms with Gasteiger partial charge >= 0.3 is 6.03 Å². The summed E-state index contributed by atoms with van der Waals surface area (Å²) >= 11 is 0. The Kier molecular flexibility index (Phi) is 5.32. The lowest BCUT2D eigenvalue weighted by Gasteiger charge is -2.15. The van der Waals surface area contributed by atoms with Crippen molar-refractivity contribution < 1.29 is 4.79 Å². The lowest BCUT2D eigenvalue weighted by Crippen LogP contribution is -2.36. The average molecular weight is 376 g/mol. The first-order valence-corrected chi connectivity index (χ1v) is 9.69. The third-order valence-corrected chi connectivity index (χ3v) is 4.87. The number of anilines is 1. The first-order chi connectivity index (χ1) is 13.7. The molecule has 1 aliphatic carbocycles. The highest BCUT2D eigenvalue weighted by Gasteiger charge is 2.28. The average Bonchev–Trinajstić information content (AvgIpc) is 3.44. The van der Waals surface area contributed by atoms with E-state index in [1.54, 1.807) is 0 Å². The normalized spacial score (nSPS) is 14.5. The molecule has 7 heteroatoms. The lowest BCUT2D eigenvalue weighted by atomic mass is 10.1. The summed E-state index contributed by atoms with van der Waals surface area (Å²) in [5.41, 5.74) is 2.96. The summed E-state index contributed by atoms with van der Waals surface area (Å²) in [7, 11) is 0. The van der Waals surface area contributed by atoms with Crippen molar-refractivity contribution in [1.82, 2.24) is 25.5 Å². The summed E-state index contributed by atoms with van der Waals surface area (Å²) in [6.45, 7) is 2.02. The molecule has 1 atom stereocenters. The molecule has 1 aromatic heterocycles. The number of benzene rings is 2. The molecule has 1 heterocycles. The van der Waals surface area contributed by atoms with E-state index in [1.165, 1.54) is 5.56 Å². The number of rotatable bonds is 7. The van der Waals surface area contributed by atoms with Gasteiger partial charge in [0.1, 0.15) is 0 Å². The Morgan fingerprint density at radius 2 is 1.89 bits per heavy atom. The predicted molar refractivity (Wildman–Crippen MR) is 108 cm³/mol. The van der Waals surface area contributed by atoms with Gasteiger partial charge in [0, 0.05) is 17.3 Å². The molecule has 2 amide bonds. The number of aromatic nitrogens is 4. The van der Waals surface area contributed by atoms with Gasteiger partial charge in [-0.15, -0.1) is 5.10 Å². The first kappa shape index (κ1) is 18.2. The van der Waals surface area contributed by atoms with Crippen LogP contribution in [0.5, 0.6) is 0 Å². The predicted octanol–water partition coefficient (Wildman–Crippen LogP) is 3.82. The summed E-state index contributed by atoms with van der Waals surface area (Å²) in [4.78, 5) is 12.2. The molecule has 3 aromatic rings. The molecular weight excluding hydrogens is 352 g/mol. The van der Waals surface area contributed by atoms with Crippen LogP contribution in [-0.4, -0.2) is 32.3 Å². The van der Waals surface area contributed by atoms with Gasteiger partial charge in [-0.05, 0) is 72.9 Å². The van der Waals surface area contributed by atoms with Crippen molar-refractivity contribution in [3.05, 3.63) is 60.2 Å². The molecule has 7 nitrogen and oxygen atoms in total. The molecule has 1 saturated carbocycles. The number of carbonyl (C=O) groups is 1. The Labute approximate surface area is 164 Å². The van der Waals surface area contributed by atoms with Crippen molar-refractivity contribution in [2.45, 2.75) is 44.7 Å². The second-order valence-corrected chi connectivity index (χ2v) is 7.28. The van der Waals surface area contributed by atoms with Crippen LogP contribution in [0.3, 0.4) is 0 Å². The van der Waals surface area contributed by atoms with Gasteiger partial charge in [0.05, 0.1) is 6.04 Å². The zero-order chi connectivity index (χ0) is 19.3. The van der Waals surface area contributed by atoms with Crippen LogP contribution >= 0.6 is 0 Å². The minimum Gasteiger partial charge on any atom is -0.335 e. The molecule has 0 aliphatic heterocycles. The molecule has 0 spiro atoms. The minimum absolute atomic E-state index is 0.0858. The second kappa shape index (κ2) is 8.21. The van der Waals surface area contributed by atoms with Crippen LogP contribution in [0.25, 0.3) is 11.4 Å². The first-order valence-electron chi connectivity index (χ1n) is 9.69. The van der Waals surface area contributed by atoms with Gasteiger partial charge in [-0.25, -0.2) is 9.48 Å². The molecule has 2 aromatic carbocycles. The number of aryl methyl sites for hydroxylation is 1. The molecule has 144 valence electrons. The Bertz CT molecular complexity index is 918. The van der Waals surface area contributed by atoms with E-state index in [2.05, 4.69) is 38.3 Å². The van der Waals surface area contributed by atoms with Crippen LogP contribution in [0.1, 0.15) is 37.8 Å². The Hall–Kier alpha value is -3.22. The zero-order valence-electron chi connectivity index (χ0n) is 15.9. The van der Waals surface area contributed by atoms with Crippen LogP contribution in [0.2, 0.25) is 0 Å². The van der Waals surface area contributed by atoms with Gasteiger partial charge in [-0.2, -0.15) is 0 Å². The monoisotopic (exact) mass is 376 g/mol. The van der Waals surface area contributed by atoms with Gasteiger partial charge in [-0.1, -0.05) is 30.3 Å². The molecule has 2 N–H and O–H groups in total. The van der Waals surface area contributed by atoms with E-state index >= 15 is 0 Å². The molecule has 0 radical (unpaired) electrons. The van der Waals surface area contributed by atoms with Crippen molar-refractivity contribution >= 4 is 11.7 Å². The van der Waals surface area contributed by atoms with Gasteiger partial charge in [0.15, 0.2) is 5.82 Å². The molecular formula is C21H24N6O. The van der Waals surface area contributed by atoms with Crippen molar-refractivity contribution in [1.29, 1.82) is 0 Å². The number of carbonyl (C=O) groups excluding carboxylic acids is 1. The van der Waals surface area contributed by atoms with Gasteiger partial charge in [-0.3, -0.25) is 0 Å². The number of hydrogen-bond donors (Lipinski definition) is 2. The zero-order valence-corrected chi connectivity index (χ0v) is 15.9. The molecule has 28 heavy (non-hydrogen) atoms. The van der Waals surface area contributed by atoms with Gasteiger partial charge in [0.25, 0.3) is 0 Å². The fourth-order valence-electron chi connectivity index (χ4n) is 3.14. The standard InChI is InChI=1S/C21H24N6O/c1-15(7-8-16-5-3-2-4-6-16)22-21(28)23-18-11-9-17(10-12-18)20-24-25-26-27(20)19-13-14-19/h2-6,9-12,15,19H,7-8,13-14H2,1H3,(H2,22,23,28). The van der Waals surface area contributed by atoms with Crippen LogP contribution in [0.15, 0.2) is 54.6 Å². The second-order valence-electron chi connectivity index (χ2n) is 7.28. The number of tetrazole rings is 1. The van der Waals surface area contributed by atoms with E-state index in [4.69, 9.17) is 0 Å². The number of urea groups is 1. The number of nitrogens with zero attached hydrogens (tertiary/aromatic N) is 4. The van der Waals surface area contributed by atoms with Crippen molar-refractivity contribution in [3.8, 4) is 11.4 Å². The van der Waals surface area contributed by atoms with Gasteiger partial charge < -0.3 is 10.6 Å². The van der Waals surface area contributed by atoms with Crippen LogP contribution in [0, 0.1) is 0 Å². The van der Waals surface area contributed by atoms with Crippen LogP contribution in [0.4, 0.5) is 10.5 Å². The smallest absolute Gasteiger partial charge is 0.319 e. The van der Waals surface area contributed by atoms with E-state index in [1.807, 2.05) is 54.1 Å². The topological polar surface area (TPSA) is 84.7 Å². The third-order valence-electron chi connectivity index (χ3n) is 4.87. The highest BCUT2D eigenvalue weighted by molar-refractivity contribution is 5.89. The largest absolute Gasteiger partial charge is 0.335 e. The van der Waals surface area contributed by atoms with E-state index in [0.29, 0.717) is 6.04 Å². The summed E-state index contributed by atoms with van der Waals surface area (Å²) in [5.74, 6) is 0.771. The molecule has 0 saturated heterocycles. The maximum Gasteiger partial charge on any atom is 0.319 e. The molecule has 1 fully saturated rings. The molecule has 4 rings (SSSR count). The minimum atomic E-state index is -0.198. The lowest BCUT2D eigenvalue weighted by molar-refractivity contribution is 0.248. The summed E-state index contributed by atoms with van der Waals surface area (Å²) in [6, 6.07) is 18.2. The molecule has 1 unspecified atom stereocenters. The third kappa shape index (κ3) is 4.54. The SMILES string of the molecule is CC(CCc1ccccc1)NC(=O)Nc1ccc(-c2nnnn2C2CC2)cc1.